The lowest BCUT2D eigenvalue weighted by Crippen LogP contribution is -2.23. The fourth-order valence-corrected chi connectivity index (χ4v) is 1.89. The smallest absolute Gasteiger partial charge is 0.244 e. The van der Waals surface area contributed by atoms with Crippen LogP contribution in [0.2, 0.25) is 0 Å². The van der Waals surface area contributed by atoms with E-state index >= 15 is 0 Å². The van der Waals surface area contributed by atoms with Gasteiger partial charge >= 0.3 is 0 Å². The summed E-state index contributed by atoms with van der Waals surface area (Å²) >= 11 is 0. The highest BCUT2D eigenvalue weighted by Gasteiger charge is 2.20. The molecule has 19 heavy (non-hydrogen) atoms. The molecule has 1 aliphatic rings. The minimum Gasteiger partial charge on any atom is -0.352 e. The van der Waals surface area contributed by atoms with Crippen molar-refractivity contribution >= 4 is 12.0 Å². The second-order valence-corrected chi connectivity index (χ2v) is 6.39. The number of hydrogen-bond acceptors (Lipinski definition) is 1. The van der Waals surface area contributed by atoms with Gasteiger partial charge in [0.1, 0.15) is 0 Å². The molecule has 1 amide bonds. The van der Waals surface area contributed by atoms with E-state index in [1.54, 1.807) is 6.08 Å². The standard InChI is InChI=1S/C17H23NO/c1-17(2,3)15-9-6-13(7-10-15)8-11-16(19)18-12-14-4-5-14/h6-11,14H,4-5,12H2,1-3H3,(H,18,19)/b11-8+. The molecule has 0 atom stereocenters. The number of carbonyl (C=O) groups excluding carboxylic acids is 1. The van der Waals surface area contributed by atoms with Gasteiger partial charge in [0.25, 0.3) is 0 Å². The number of rotatable bonds is 4. The monoisotopic (exact) mass is 257 g/mol. The second kappa shape index (κ2) is 5.60. The van der Waals surface area contributed by atoms with Gasteiger partial charge in [-0.1, -0.05) is 45.0 Å². The average molecular weight is 257 g/mol. The lowest BCUT2D eigenvalue weighted by atomic mass is 9.87. The topological polar surface area (TPSA) is 29.1 Å². The molecule has 0 spiro atoms. The van der Waals surface area contributed by atoms with Crippen LogP contribution in [0.25, 0.3) is 6.08 Å². The van der Waals surface area contributed by atoms with E-state index in [4.69, 9.17) is 0 Å². The zero-order valence-corrected chi connectivity index (χ0v) is 12.1. The van der Waals surface area contributed by atoms with Crippen LogP contribution in [-0.2, 0) is 10.2 Å². The van der Waals surface area contributed by atoms with Gasteiger partial charge in [0.05, 0.1) is 0 Å². The van der Waals surface area contributed by atoms with Crippen molar-refractivity contribution in [2.24, 2.45) is 5.92 Å². The van der Waals surface area contributed by atoms with Crippen LogP contribution in [0.3, 0.4) is 0 Å². The number of amides is 1. The van der Waals surface area contributed by atoms with Crippen LogP contribution in [-0.4, -0.2) is 12.5 Å². The highest BCUT2D eigenvalue weighted by Crippen LogP contribution is 2.27. The van der Waals surface area contributed by atoms with Crippen molar-refractivity contribution in [3.8, 4) is 0 Å². The van der Waals surface area contributed by atoms with E-state index in [1.165, 1.54) is 18.4 Å². The summed E-state index contributed by atoms with van der Waals surface area (Å²) in [7, 11) is 0. The molecule has 2 heteroatoms. The van der Waals surface area contributed by atoms with Crippen molar-refractivity contribution in [1.82, 2.24) is 5.32 Å². The van der Waals surface area contributed by atoms with Gasteiger partial charge in [-0.3, -0.25) is 4.79 Å². The predicted molar refractivity (Wildman–Crippen MR) is 79.9 cm³/mol. The first-order valence-electron chi connectivity index (χ1n) is 7.01. The zero-order valence-electron chi connectivity index (χ0n) is 12.1. The number of benzene rings is 1. The van der Waals surface area contributed by atoms with Gasteiger partial charge < -0.3 is 5.32 Å². The van der Waals surface area contributed by atoms with E-state index < -0.39 is 0 Å². The molecule has 1 fully saturated rings. The molecule has 0 aromatic heterocycles. The van der Waals surface area contributed by atoms with Gasteiger partial charge in [-0.2, -0.15) is 0 Å². The fourth-order valence-electron chi connectivity index (χ4n) is 1.89. The third kappa shape index (κ3) is 4.55. The fraction of sp³-hybridized carbons (Fsp3) is 0.471. The Kier molecular flexibility index (Phi) is 4.08. The average Bonchev–Trinajstić information content (AvgIpc) is 3.17. The Morgan fingerprint density at radius 2 is 1.89 bits per heavy atom. The molecule has 1 saturated carbocycles. The summed E-state index contributed by atoms with van der Waals surface area (Å²) in [5, 5.41) is 2.92. The van der Waals surface area contributed by atoms with Crippen LogP contribution in [0.15, 0.2) is 30.3 Å². The van der Waals surface area contributed by atoms with Crippen molar-refractivity contribution < 1.29 is 4.79 Å². The van der Waals surface area contributed by atoms with E-state index in [2.05, 4.69) is 50.4 Å². The molecular weight excluding hydrogens is 234 g/mol. The first-order valence-corrected chi connectivity index (χ1v) is 7.01. The zero-order chi connectivity index (χ0) is 13.9. The lowest BCUT2D eigenvalue weighted by Gasteiger charge is -2.18. The Labute approximate surface area is 115 Å². The lowest BCUT2D eigenvalue weighted by molar-refractivity contribution is -0.116. The number of carbonyl (C=O) groups is 1. The van der Waals surface area contributed by atoms with Gasteiger partial charge in [-0.15, -0.1) is 0 Å². The highest BCUT2D eigenvalue weighted by molar-refractivity contribution is 5.91. The summed E-state index contributed by atoms with van der Waals surface area (Å²) in [4.78, 5) is 11.6. The molecule has 1 aromatic carbocycles. The van der Waals surface area contributed by atoms with Crippen molar-refractivity contribution in [3.05, 3.63) is 41.5 Å². The van der Waals surface area contributed by atoms with E-state index in [9.17, 15) is 4.79 Å². The minimum atomic E-state index is 0.00629. The maximum Gasteiger partial charge on any atom is 0.244 e. The van der Waals surface area contributed by atoms with Crippen molar-refractivity contribution in [2.45, 2.75) is 39.0 Å². The minimum absolute atomic E-state index is 0.00629. The first kappa shape index (κ1) is 13.9. The molecule has 102 valence electrons. The molecule has 1 aromatic rings. The largest absolute Gasteiger partial charge is 0.352 e. The SMILES string of the molecule is CC(C)(C)c1ccc(/C=C/C(=O)NCC2CC2)cc1. The Morgan fingerprint density at radius 3 is 2.42 bits per heavy atom. The molecule has 2 nitrogen and oxygen atoms in total. The summed E-state index contributed by atoms with van der Waals surface area (Å²) in [5.41, 5.74) is 2.54. The number of nitrogens with one attached hydrogen (secondary N) is 1. The summed E-state index contributed by atoms with van der Waals surface area (Å²) in [6.45, 7) is 7.42. The molecule has 1 N–H and O–H groups in total. The summed E-state index contributed by atoms with van der Waals surface area (Å²) in [6, 6.07) is 8.38. The molecule has 1 aliphatic carbocycles. The van der Waals surface area contributed by atoms with Crippen molar-refractivity contribution in [2.75, 3.05) is 6.54 Å². The second-order valence-electron chi connectivity index (χ2n) is 6.39. The summed E-state index contributed by atoms with van der Waals surface area (Å²) in [6.07, 6.45) is 6.01. The Morgan fingerprint density at radius 1 is 1.26 bits per heavy atom. The molecule has 0 bridgehead atoms. The van der Waals surface area contributed by atoms with Crippen LogP contribution in [0.4, 0.5) is 0 Å². The Bertz CT molecular complexity index is 461. The Hall–Kier alpha value is -1.57. The molecule has 0 aliphatic heterocycles. The quantitative estimate of drug-likeness (QED) is 0.821. The van der Waals surface area contributed by atoms with Crippen molar-refractivity contribution in [3.63, 3.8) is 0 Å². The van der Waals surface area contributed by atoms with Gasteiger partial charge in [-0.05, 0) is 41.4 Å². The van der Waals surface area contributed by atoms with E-state index in [0.29, 0.717) is 0 Å². The summed E-state index contributed by atoms with van der Waals surface area (Å²) < 4.78 is 0. The van der Waals surface area contributed by atoms with Crippen LogP contribution >= 0.6 is 0 Å². The highest BCUT2D eigenvalue weighted by atomic mass is 16.1. The molecule has 2 rings (SSSR count). The van der Waals surface area contributed by atoms with Gasteiger partial charge in [0, 0.05) is 12.6 Å². The van der Waals surface area contributed by atoms with Gasteiger partial charge in [0.15, 0.2) is 0 Å². The molecule has 0 heterocycles. The molecule has 0 saturated heterocycles. The van der Waals surface area contributed by atoms with Crippen LogP contribution in [0, 0.1) is 5.92 Å². The normalized spacial score (nSPS) is 15.7. The third-order valence-corrected chi connectivity index (χ3v) is 3.47. The summed E-state index contributed by atoms with van der Waals surface area (Å²) in [5.74, 6) is 0.732. The predicted octanol–water partition coefficient (Wildman–Crippen LogP) is 3.52. The maximum atomic E-state index is 11.6. The molecule has 0 radical (unpaired) electrons. The maximum absolute atomic E-state index is 11.6. The van der Waals surface area contributed by atoms with Crippen LogP contribution in [0.1, 0.15) is 44.7 Å². The van der Waals surface area contributed by atoms with Crippen molar-refractivity contribution in [1.29, 1.82) is 0 Å². The van der Waals surface area contributed by atoms with E-state index in [0.717, 1.165) is 18.0 Å². The molecular formula is C17H23NO. The first-order chi connectivity index (χ1) is 8.95. The Balaban J connectivity index is 1.89. The van der Waals surface area contributed by atoms with E-state index in [1.807, 2.05) is 6.08 Å². The van der Waals surface area contributed by atoms with Crippen LogP contribution in [0.5, 0.6) is 0 Å². The number of hydrogen-bond donors (Lipinski definition) is 1. The van der Waals surface area contributed by atoms with Gasteiger partial charge in [-0.25, -0.2) is 0 Å². The van der Waals surface area contributed by atoms with Gasteiger partial charge in [0.2, 0.25) is 5.91 Å². The third-order valence-electron chi connectivity index (χ3n) is 3.47. The van der Waals surface area contributed by atoms with Crippen LogP contribution < -0.4 is 5.32 Å². The van der Waals surface area contributed by atoms with E-state index in [-0.39, 0.29) is 11.3 Å². The molecule has 0 unspecified atom stereocenters.